The molecule has 0 amide bonds. The van der Waals surface area contributed by atoms with Gasteiger partial charge < -0.3 is 9.47 Å². The molecule has 3 aromatic carbocycles. The fourth-order valence-electron chi connectivity index (χ4n) is 3.39. The number of fused-ring (bicyclic) bond motifs is 3. The van der Waals surface area contributed by atoms with Gasteiger partial charge in [0.05, 0.1) is 28.8 Å². The smallest absolute Gasteiger partial charge is 0.274 e. The highest BCUT2D eigenvalue weighted by Crippen LogP contribution is 2.17. The van der Waals surface area contributed by atoms with Gasteiger partial charge in [0.2, 0.25) is 0 Å². The van der Waals surface area contributed by atoms with E-state index in [-0.39, 0.29) is 5.56 Å². The van der Waals surface area contributed by atoms with Gasteiger partial charge in [-0.25, -0.2) is 9.38 Å². The largest absolute Gasteiger partial charge is 0.493 e. The monoisotopic (exact) mass is 462 g/mol. The molecule has 0 radical (unpaired) electrons. The van der Waals surface area contributed by atoms with Crippen LogP contribution in [0.4, 0.5) is 0 Å². The van der Waals surface area contributed by atoms with Crippen LogP contribution in [0.25, 0.3) is 22.1 Å². The van der Waals surface area contributed by atoms with E-state index < -0.39 is 0 Å². The Hall–Kier alpha value is -3.35. The third-order valence-corrected chi connectivity index (χ3v) is 6.18. The Morgan fingerprint density at radius 3 is 2.28 bits per heavy atom. The number of ether oxygens (including phenoxy) is 2. The second kappa shape index (κ2) is 9.02. The second-order valence-corrected chi connectivity index (χ2v) is 8.65. The van der Waals surface area contributed by atoms with Gasteiger partial charge in [-0.2, -0.15) is 0 Å². The normalized spacial score (nSPS) is 12.0. The molecule has 0 atom stereocenters. The first-order valence-corrected chi connectivity index (χ1v) is 11.4. The number of thiazole rings is 1. The Labute approximate surface area is 193 Å². The number of aromatic nitrogens is 2. The zero-order valence-corrected chi connectivity index (χ0v) is 18.6. The molecule has 0 aliphatic rings. The average Bonchev–Trinajstić information content (AvgIpc) is 3.32. The van der Waals surface area contributed by atoms with E-state index in [1.165, 1.54) is 11.3 Å². The molecule has 0 saturated heterocycles. The molecule has 160 valence electrons. The number of para-hydroxylation sites is 2. The summed E-state index contributed by atoms with van der Waals surface area (Å²) >= 11 is 7.26. The Balaban J connectivity index is 1.21. The zero-order chi connectivity index (χ0) is 21.9. The maximum Gasteiger partial charge on any atom is 0.274 e. The molecule has 0 unspecified atom stereocenters. The highest BCUT2D eigenvalue weighted by Gasteiger charge is 2.10. The lowest BCUT2D eigenvalue weighted by atomic mass is 10.2. The van der Waals surface area contributed by atoms with Crippen LogP contribution >= 0.6 is 22.9 Å². The van der Waals surface area contributed by atoms with Crippen LogP contribution < -0.4 is 19.6 Å². The summed E-state index contributed by atoms with van der Waals surface area (Å²) in [5, 5.41) is 0.690. The van der Waals surface area contributed by atoms with Gasteiger partial charge in [-0.15, -0.1) is 0 Å². The molecule has 5 aromatic rings. The van der Waals surface area contributed by atoms with Gasteiger partial charge in [0.15, 0.2) is 4.96 Å². The highest BCUT2D eigenvalue weighted by atomic mass is 35.5. The first kappa shape index (κ1) is 20.5. The van der Waals surface area contributed by atoms with Crippen molar-refractivity contribution in [3.05, 3.63) is 98.3 Å². The van der Waals surface area contributed by atoms with E-state index in [2.05, 4.69) is 4.98 Å². The molecule has 5 rings (SSSR count). The lowest BCUT2D eigenvalue weighted by Gasteiger charge is -2.08. The van der Waals surface area contributed by atoms with Gasteiger partial charge >= 0.3 is 0 Å². The Morgan fingerprint density at radius 1 is 0.906 bits per heavy atom. The molecule has 0 fully saturated rings. The summed E-state index contributed by atoms with van der Waals surface area (Å²) in [5.41, 5.74) is 2.57. The molecular weight excluding hydrogens is 444 g/mol. The van der Waals surface area contributed by atoms with Crippen LogP contribution in [0.15, 0.2) is 77.6 Å². The summed E-state index contributed by atoms with van der Waals surface area (Å²) in [6.07, 6.45) is 2.65. The molecule has 2 aromatic heterocycles. The zero-order valence-electron chi connectivity index (χ0n) is 17.0. The second-order valence-electron chi connectivity index (χ2n) is 7.21. The maximum atomic E-state index is 12.9. The van der Waals surface area contributed by atoms with Crippen LogP contribution in [-0.2, 0) is 0 Å². The number of rotatable bonds is 7. The molecule has 7 heteroatoms. The van der Waals surface area contributed by atoms with Crippen molar-refractivity contribution in [2.24, 2.45) is 0 Å². The first-order chi connectivity index (χ1) is 15.7. The van der Waals surface area contributed by atoms with E-state index in [0.29, 0.717) is 27.7 Å². The SMILES string of the molecule is O=c1c(=Cc2ccc(OCCCOc3ccc(Cl)cc3)cc2)sc2nc3ccccc3n12. The molecule has 0 aliphatic carbocycles. The minimum absolute atomic E-state index is 0.0419. The average molecular weight is 463 g/mol. The summed E-state index contributed by atoms with van der Waals surface area (Å²) in [6, 6.07) is 22.7. The Kier molecular flexibility index (Phi) is 5.79. The van der Waals surface area contributed by atoms with Gasteiger partial charge in [0.25, 0.3) is 5.56 Å². The van der Waals surface area contributed by atoms with Crippen molar-refractivity contribution in [2.75, 3.05) is 13.2 Å². The van der Waals surface area contributed by atoms with E-state index >= 15 is 0 Å². The first-order valence-electron chi connectivity index (χ1n) is 10.2. The van der Waals surface area contributed by atoms with E-state index in [1.807, 2.05) is 66.7 Å². The van der Waals surface area contributed by atoms with Crippen molar-refractivity contribution < 1.29 is 9.47 Å². The van der Waals surface area contributed by atoms with Crippen molar-refractivity contribution in [1.29, 1.82) is 0 Å². The Bertz CT molecular complexity index is 1470. The van der Waals surface area contributed by atoms with Crippen molar-refractivity contribution >= 4 is 45.0 Å². The van der Waals surface area contributed by atoms with Crippen molar-refractivity contribution in [3.63, 3.8) is 0 Å². The van der Waals surface area contributed by atoms with Gasteiger partial charge in [-0.3, -0.25) is 4.79 Å². The molecule has 5 nitrogen and oxygen atoms in total. The predicted molar refractivity (Wildman–Crippen MR) is 129 cm³/mol. The predicted octanol–water partition coefficient (Wildman–Crippen LogP) is 4.96. The topological polar surface area (TPSA) is 52.8 Å². The number of benzene rings is 3. The summed E-state index contributed by atoms with van der Waals surface area (Å²) < 4.78 is 13.8. The molecule has 32 heavy (non-hydrogen) atoms. The molecule has 0 spiro atoms. The number of hydrogen-bond acceptors (Lipinski definition) is 5. The standard InChI is InChI=1S/C25H19ClN2O3S/c26-18-8-12-20(13-9-18)31-15-3-14-30-19-10-6-17(7-11-19)16-23-24(29)28-22-5-2-1-4-21(22)27-25(28)32-23/h1-2,4-13,16H,3,14-15H2. The summed E-state index contributed by atoms with van der Waals surface area (Å²) in [4.78, 5) is 18.1. The lowest BCUT2D eigenvalue weighted by Crippen LogP contribution is -2.22. The van der Waals surface area contributed by atoms with E-state index in [9.17, 15) is 4.79 Å². The van der Waals surface area contributed by atoms with Crippen LogP contribution in [-0.4, -0.2) is 22.6 Å². The van der Waals surface area contributed by atoms with Crippen LogP contribution in [0, 0.1) is 0 Å². The van der Waals surface area contributed by atoms with Gasteiger partial charge in [-0.1, -0.05) is 47.2 Å². The quantitative estimate of drug-likeness (QED) is 0.321. The fourth-order valence-corrected chi connectivity index (χ4v) is 4.51. The van der Waals surface area contributed by atoms with Crippen LogP contribution in [0.3, 0.4) is 0 Å². The van der Waals surface area contributed by atoms with Crippen molar-refractivity contribution in [1.82, 2.24) is 9.38 Å². The third kappa shape index (κ3) is 4.33. The minimum Gasteiger partial charge on any atom is -0.493 e. The summed E-state index contributed by atoms with van der Waals surface area (Å²) in [5.74, 6) is 1.57. The van der Waals surface area contributed by atoms with E-state index in [1.54, 1.807) is 16.5 Å². The fraction of sp³-hybridized carbons (Fsp3) is 0.120. The number of hydrogen-bond donors (Lipinski definition) is 0. The number of nitrogens with zero attached hydrogens (tertiary/aromatic N) is 2. The van der Waals surface area contributed by atoms with Crippen LogP contribution in [0.5, 0.6) is 11.5 Å². The van der Waals surface area contributed by atoms with Gasteiger partial charge in [0, 0.05) is 11.4 Å². The molecule has 2 heterocycles. The lowest BCUT2D eigenvalue weighted by molar-refractivity contribution is 0.247. The molecule has 0 bridgehead atoms. The molecule has 0 saturated carbocycles. The molecule has 0 aliphatic heterocycles. The molecular formula is C25H19ClN2O3S. The summed E-state index contributed by atoms with van der Waals surface area (Å²) in [6.45, 7) is 1.12. The maximum absolute atomic E-state index is 12.9. The van der Waals surface area contributed by atoms with Crippen LogP contribution in [0.2, 0.25) is 5.02 Å². The van der Waals surface area contributed by atoms with Gasteiger partial charge in [0.1, 0.15) is 11.5 Å². The van der Waals surface area contributed by atoms with E-state index in [0.717, 1.165) is 34.5 Å². The Morgan fingerprint density at radius 2 is 1.56 bits per heavy atom. The number of imidazole rings is 1. The van der Waals surface area contributed by atoms with E-state index in [4.69, 9.17) is 21.1 Å². The number of halogens is 1. The summed E-state index contributed by atoms with van der Waals surface area (Å²) in [7, 11) is 0. The van der Waals surface area contributed by atoms with Crippen LogP contribution in [0.1, 0.15) is 12.0 Å². The van der Waals surface area contributed by atoms with Gasteiger partial charge in [-0.05, 0) is 60.2 Å². The third-order valence-electron chi connectivity index (χ3n) is 4.96. The van der Waals surface area contributed by atoms with Crippen molar-refractivity contribution in [3.8, 4) is 11.5 Å². The molecule has 0 N–H and O–H groups in total. The highest BCUT2D eigenvalue weighted by molar-refractivity contribution is 7.15. The minimum atomic E-state index is -0.0419. The van der Waals surface area contributed by atoms with Crippen molar-refractivity contribution in [2.45, 2.75) is 6.42 Å².